The molecule has 0 radical (unpaired) electrons. The van der Waals surface area contributed by atoms with Crippen LogP contribution in [0.5, 0.6) is 0 Å². The molecule has 0 aliphatic carbocycles. The predicted octanol–water partition coefficient (Wildman–Crippen LogP) is 2.35. The van der Waals surface area contributed by atoms with Crippen molar-refractivity contribution in [2.24, 2.45) is 11.1 Å². The molecule has 24 heavy (non-hydrogen) atoms. The Balaban J connectivity index is 2.15. The standard InChI is InChI=1S/C17H19ClN2O4/c1-3-13(19-24-4-2)16-14(21)9-20(10-15(16)22)17(23)11-5-7-12(18)8-6-11/h5-8,16H,3-4,9-10H2,1-2H3. The lowest BCUT2D eigenvalue weighted by Gasteiger charge is -2.30. The van der Waals surface area contributed by atoms with Gasteiger partial charge in [-0.3, -0.25) is 14.4 Å². The number of rotatable bonds is 5. The number of piperidine rings is 1. The topological polar surface area (TPSA) is 76.0 Å². The number of carbonyl (C=O) groups is 3. The summed E-state index contributed by atoms with van der Waals surface area (Å²) >= 11 is 5.80. The average molecular weight is 351 g/mol. The van der Waals surface area contributed by atoms with Crippen molar-refractivity contribution >= 4 is 34.8 Å². The van der Waals surface area contributed by atoms with E-state index >= 15 is 0 Å². The molecule has 0 saturated carbocycles. The van der Waals surface area contributed by atoms with Gasteiger partial charge < -0.3 is 9.74 Å². The van der Waals surface area contributed by atoms with Crippen molar-refractivity contribution in [1.82, 2.24) is 4.90 Å². The summed E-state index contributed by atoms with van der Waals surface area (Å²) in [5.74, 6) is -1.97. The summed E-state index contributed by atoms with van der Waals surface area (Å²) in [6.45, 7) is 3.70. The molecule has 0 bridgehead atoms. The molecule has 1 aromatic rings. The lowest BCUT2D eigenvalue weighted by Crippen LogP contribution is -2.52. The number of carbonyl (C=O) groups excluding carboxylic acids is 3. The fourth-order valence-corrected chi connectivity index (χ4v) is 2.68. The Hall–Kier alpha value is -2.21. The largest absolute Gasteiger partial charge is 0.396 e. The van der Waals surface area contributed by atoms with Crippen LogP contribution in [0.3, 0.4) is 0 Å². The number of hydrogen-bond acceptors (Lipinski definition) is 5. The molecular weight excluding hydrogens is 332 g/mol. The monoisotopic (exact) mass is 350 g/mol. The zero-order valence-corrected chi connectivity index (χ0v) is 14.4. The number of hydrogen-bond donors (Lipinski definition) is 0. The van der Waals surface area contributed by atoms with Crippen LogP contribution in [-0.2, 0) is 14.4 Å². The highest BCUT2D eigenvalue weighted by Crippen LogP contribution is 2.18. The SMILES string of the molecule is CCON=C(CC)C1C(=O)CN(C(=O)c2ccc(Cl)cc2)CC1=O. The second kappa shape index (κ2) is 8.06. The molecule has 1 saturated heterocycles. The molecule has 6 nitrogen and oxygen atoms in total. The van der Waals surface area contributed by atoms with E-state index in [2.05, 4.69) is 5.16 Å². The van der Waals surface area contributed by atoms with Gasteiger partial charge in [0.15, 0.2) is 11.6 Å². The van der Waals surface area contributed by atoms with Gasteiger partial charge in [0, 0.05) is 10.6 Å². The van der Waals surface area contributed by atoms with E-state index in [1.807, 2.05) is 6.92 Å². The molecule has 7 heteroatoms. The van der Waals surface area contributed by atoms with Crippen LogP contribution in [0.25, 0.3) is 0 Å². The summed E-state index contributed by atoms with van der Waals surface area (Å²) in [4.78, 5) is 43.5. The minimum atomic E-state index is -0.921. The van der Waals surface area contributed by atoms with E-state index in [0.717, 1.165) is 0 Å². The summed E-state index contributed by atoms with van der Waals surface area (Å²) in [7, 11) is 0. The quantitative estimate of drug-likeness (QED) is 0.464. The highest BCUT2D eigenvalue weighted by molar-refractivity contribution is 6.30. The Labute approximate surface area is 145 Å². The van der Waals surface area contributed by atoms with Crippen LogP contribution in [0, 0.1) is 5.92 Å². The number of halogens is 1. The Morgan fingerprint density at radius 1 is 1.21 bits per heavy atom. The Kier molecular flexibility index (Phi) is 6.09. The van der Waals surface area contributed by atoms with Gasteiger partial charge in [-0.25, -0.2) is 0 Å². The maximum Gasteiger partial charge on any atom is 0.254 e. The molecule has 2 rings (SSSR count). The molecule has 0 aromatic heterocycles. The molecule has 1 amide bonds. The molecule has 1 fully saturated rings. The van der Waals surface area contributed by atoms with Gasteiger partial charge >= 0.3 is 0 Å². The van der Waals surface area contributed by atoms with E-state index in [-0.39, 0.29) is 30.6 Å². The lowest BCUT2D eigenvalue weighted by atomic mass is 9.88. The molecule has 0 N–H and O–H groups in total. The summed E-state index contributed by atoms with van der Waals surface area (Å²) in [5, 5.41) is 4.39. The van der Waals surface area contributed by atoms with Gasteiger partial charge in [0.05, 0.1) is 18.8 Å². The Morgan fingerprint density at radius 3 is 2.29 bits per heavy atom. The molecule has 1 heterocycles. The predicted molar refractivity (Wildman–Crippen MR) is 90.2 cm³/mol. The van der Waals surface area contributed by atoms with E-state index in [1.165, 1.54) is 4.90 Å². The maximum atomic E-state index is 12.4. The highest BCUT2D eigenvalue weighted by Gasteiger charge is 2.39. The van der Waals surface area contributed by atoms with E-state index in [9.17, 15) is 14.4 Å². The Bertz CT molecular complexity index is 652. The van der Waals surface area contributed by atoms with Crippen molar-refractivity contribution < 1.29 is 19.2 Å². The van der Waals surface area contributed by atoms with Crippen molar-refractivity contribution in [3.63, 3.8) is 0 Å². The van der Waals surface area contributed by atoms with Crippen LogP contribution < -0.4 is 0 Å². The number of likely N-dealkylation sites (tertiary alicyclic amines) is 1. The van der Waals surface area contributed by atoms with Gasteiger partial charge in [-0.1, -0.05) is 23.7 Å². The van der Waals surface area contributed by atoms with Gasteiger partial charge in [0.1, 0.15) is 12.5 Å². The second-order valence-corrected chi connectivity index (χ2v) is 5.82. The van der Waals surface area contributed by atoms with Crippen molar-refractivity contribution in [1.29, 1.82) is 0 Å². The normalized spacial score (nSPS) is 16.5. The molecule has 128 valence electrons. The third-order valence-corrected chi connectivity index (χ3v) is 3.97. The maximum absolute atomic E-state index is 12.4. The van der Waals surface area contributed by atoms with E-state index in [0.29, 0.717) is 29.3 Å². The van der Waals surface area contributed by atoms with E-state index in [1.54, 1.807) is 31.2 Å². The first-order valence-electron chi connectivity index (χ1n) is 7.76. The van der Waals surface area contributed by atoms with Crippen LogP contribution in [0.15, 0.2) is 29.4 Å². The van der Waals surface area contributed by atoms with Gasteiger partial charge in [-0.15, -0.1) is 0 Å². The first-order chi connectivity index (χ1) is 11.5. The minimum Gasteiger partial charge on any atom is -0.396 e. The minimum absolute atomic E-state index is 0.122. The van der Waals surface area contributed by atoms with Gasteiger partial charge in [0.2, 0.25) is 0 Å². The number of nitrogens with zero attached hydrogens (tertiary/aromatic N) is 2. The first-order valence-corrected chi connectivity index (χ1v) is 8.14. The number of Topliss-reactive ketones (excluding diaryl/α,β-unsaturated/α-hetero) is 2. The fourth-order valence-electron chi connectivity index (χ4n) is 2.55. The number of amides is 1. The van der Waals surface area contributed by atoms with Crippen LogP contribution >= 0.6 is 11.6 Å². The van der Waals surface area contributed by atoms with Gasteiger partial charge in [-0.2, -0.15) is 0 Å². The zero-order valence-electron chi connectivity index (χ0n) is 13.6. The van der Waals surface area contributed by atoms with Crippen molar-refractivity contribution in [2.75, 3.05) is 19.7 Å². The average Bonchev–Trinajstić information content (AvgIpc) is 2.57. The fraction of sp³-hybridized carbons (Fsp3) is 0.412. The Morgan fingerprint density at radius 2 is 1.79 bits per heavy atom. The lowest BCUT2D eigenvalue weighted by molar-refractivity contribution is -0.134. The van der Waals surface area contributed by atoms with Crippen molar-refractivity contribution in [3.8, 4) is 0 Å². The third kappa shape index (κ3) is 4.00. The second-order valence-electron chi connectivity index (χ2n) is 5.39. The van der Waals surface area contributed by atoms with E-state index < -0.39 is 5.92 Å². The number of oxime groups is 1. The molecule has 1 aromatic carbocycles. The molecular formula is C17H19ClN2O4. The molecule has 1 aliphatic heterocycles. The van der Waals surface area contributed by atoms with Crippen LogP contribution in [0.4, 0.5) is 0 Å². The molecule has 0 unspecified atom stereocenters. The number of ketones is 2. The van der Waals surface area contributed by atoms with Gasteiger partial charge in [-0.05, 0) is 37.6 Å². The highest BCUT2D eigenvalue weighted by atomic mass is 35.5. The van der Waals surface area contributed by atoms with Crippen LogP contribution in [0.1, 0.15) is 30.6 Å². The smallest absolute Gasteiger partial charge is 0.254 e. The first kappa shape index (κ1) is 18.1. The van der Waals surface area contributed by atoms with Crippen LogP contribution in [-0.4, -0.2) is 47.8 Å². The molecule has 0 spiro atoms. The third-order valence-electron chi connectivity index (χ3n) is 3.72. The van der Waals surface area contributed by atoms with Gasteiger partial charge in [0.25, 0.3) is 5.91 Å². The summed E-state index contributed by atoms with van der Waals surface area (Å²) in [6, 6.07) is 6.32. The number of benzene rings is 1. The zero-order chi connectivity index (χ0) is 17.7. The molecule has 1 aliphatic rings. The molecule has 0 atom stereocenters. The summed E-state index contributed by atoms with van der Waals surface area (Å²) in [5.41, 5.74) is 0.794. The van der Waals surface area contributed by atoms with Crippen molar-refractivity contribution in [2.45, 2.75) is 20.3 Å². The van der Waals surface area contributed by atoms with Crippen LogP contribution in [0.2, 0.25) is 5.02 Å². The summed E-state index contributed by atoms with van der Waals surface area (Å²) < 4.78 is 0. The summed E-state index contributed by atoms with van der Waals surface area (Å²) in [6.07, 6.45) is 0.438. The van der Waals surface area contributed by atoms with Crippen molar-refractivity contribution in [3.05, 3.63) is 34.9 Å². The van der Waals surface area contributed by atoms with E-state index in [4.69, 9.17) is 16.4 Å².